The third kappa shape index (κ3) is 44.5. The summed E-state index contributed by atoms with van der Waals surface area (Å²) >= 11 is 0. The third-order valence-electron chi connectivity index (χ3n) is 10.7. The highest BCUT2D eigenvalue weighted by molar-refractivity contribution is 5.71. The Balaban J connectivity index is 4.38. The first-order valence-corrected chi connectivity index (χ1v) is 24.7. The van der Waals surface area contributed by atoms with E-state index in [0.717, 1.165) is 83.5 Å². The highest BCUT2D eigenvalue weighted by atomic mass is 16.6. The van der Waals surface area contributed by atoms with E-state index in [1.165, 1.54) is 122 Å². The largest absolute Gasteiger partial charge is 0.462 e. The van der Waals surface area contributed by atoms with Gasteiger partial charge in [0.25, 0.3) is 0 Å². The van der Waals surface area contributed by atoms with E-state index in [4.69, 9.17) is 14.2 Å². The minimum Gasteiger partial charge on any atom is -0.462 e. The summed E-state index contributed by atoms with van der Waals surface area (Å²) in [6.07, 6.45) is 55.2. The number of carbonyl (C=O) groups excluding carboxylic acids is 3. The van der Waals surface area contributed by atoms with Crippen LogP contribution in [0.1, 0.15) is 245 Å². The fraction of sp³-hybridized carbons (Fsp3) is 0.788. The Kier molecular flexibility index (Phi) is 44.9. The minimum atomic E-state index is -0.777. The fourth-order valence-electron chi connectivity index (χ4n) is 6.98. The van der Waals surface area contributed by atoms with Crippen molar-refractivity contribution in [2.45, 2.75) is 252 Å². The van der Waals surface area contributed by atoms with Gasteiger partial charge in [-0.3, -0.25) is 14.4 Å². The summed E-state index contributed by atoms with van der Waals surface area (Å²) in [5.74, 6) is -0.896. The van der Waals surface area contributed by atoms with Crippen molar-refractivity contribution in [3.8, 4) is 0 Å². The number of allylic oxidation sites excluding steroid dienone is 8. The topological polar surface area (TPSA) is 78.9 Å². The summed E-state index contributed by atoms with van der Waals surface area (Å²) in [5, 5.41) is 0. The summed E-state index contributed by atoms with van der Waals surface area (Å²) in [6, 6.07) is 0. The van der Waals surface area contributed by atoms with Crippen LogP contribution in [0.15, 0.2) is 48.6 Å². The summed E-state index contributed by atoms with van der Waals surface area (Å²) in [6.45, 7) is 6.48. The maximum atomic E-state index is 12.8. The van der Waals surface area contributed by atoms with E-state index in [0.29, 0.717) is 19.3 Å². The Hall–Kier alpha value is -2.63. The van der Waals surface area contributed by atoms with Crippen LogP contribution >= 0.6 is 0 Å². The van der Waals surface area contributed by atoms with Crippen LogP contribution in [-0.2, 0) is 28.6 Å². The second kappa shape index (κ2) is 47.1. The zero-order chi connectivity index (χ0) is 42.3. The van der Waals surface area contributed by atoms with Crippen LogP contribution in [0.25, 0.3) is 0 Å². The highest BCUT2D eigenvalue weighted by Gasteiger charge is 2.19. The summed E-state index contributed by atoms with van der Waals surface area (Å²) in [4.78, 5) is 37.8. The number of hydrogen-bond acceptors (Lipinski definition) is 6. The minimum absolute atomic E-state index is 0.0777. The Morgan fingerprint density at radius 3 is 1.05 bits per heavy atom. The van der Waals surface area contributed by atoms with Gasteiger partial charge in [0.15, 0.2) is 6.10 Å². The zero-order valence-electron chi connectivity index (χ0n) is 38.3. The molecule has 0 aromatic heterocycles. The van der Waals surface area contributed by atoms with Gasteiger partial charge in [-0.1, -0.05) is 236 Å². The second-order valence-corrected chi connectivity index (χ2v) is 16.5. The highest BCUT2D eigenvalue weighted by Crippen LogP contribution is 2.16. The maximum absolute atomic E-state index is 12.8. The number of esters is 3. The van der Waals surface area contributed by atoms with Gasteiger partial charge in [0.2, 0.25) is 0 Å². The van der Waals surface area contributed by atoms with Crippen LogP contribution in [0.5, 0.6) is 0 Å². The van der Waals surface area contributed by atoms with Gasteiger partial charge >= 0.3 is 17.9 Å². The van der Waals surface area contributed by atoms with Crippen molar-refractivity contribution in [2.24, 2.45) is 0 Å². The van der Waals surface area contributed by atoms with Crippen molar-refractivity contribution in [3.05, 3.63) is 48.6 Å². The van der Waals surface area contributed by atoms with Crippen molar-refractivity contribution < 1.29 is 28.6 Å². The number of ether oxygens (including phenoxy) is 3. The van der Waals surface area contributed by atoms with Crippen LogP contribution < -0.4 is 0 Å². The van der Waals surface area contributed by atoms with Gasteiger partial charge in [-0.15, -0.1) is 0 Å². The van der Waals surface area contributed by atoms with Gasteiger partial charge in [-0.05, 0) is 38.5 Å². The first-order valence-electron chi connectivity index (χ1n) is 24.7. The van der Waals surface area contributed by atoms with Crippen LogP contribution in [-0.4, -0.2) is 37.2 Å². The molecule has 0 aromatic rings. The predicted molar refractivity (Wildman–Crippen MR) is 247 cm³/mol. The lowest BCUT2D eigenvalue weighted by atomic mass is 10.0. The molecule has 1 atom stereocenters. The van der Waals surface area contributed by atoms with Crippen molar-refractivity contribution >= 4 is 17.9 Å². The van der Waals surface area contributed by atoms with Crippen molar-refractivity contribution in [2.75, 3.05) is 13.2 Å². The molecule has 58 heavy (non-hydrogen) atoms. The quantitative estimate of drug-likeness (QED) is 0.0264. The molecule has 0 fully saturated rings. The molecule has 6 nitrogen and oxygen atoms in total. The Morgan fingerprint density at radius 1 is 0.362 bits per heavy atom. The first-order chi connectivity index (χ1) is 28.5. The molecule has 0 rings (SSSR count). The molecule has 1 unspecified atom stereocenters. The third-order valence-corrected chi connectivity index (χ3v) is 10.7. The number of hydrogen-bond donors (Lipinski definition) is 0. The molecule has 0 heterocycles. The van der Waals surface area contributed by atoms with Gasteiger partial charge < -0.3 is 14.2 Å². The maximum Gasteiger partial charge on any atom is 0.306 e. The smallest absolute Gasteiger partial charge is 0.306 e. The van der Waals surface area contributed by atoms with Crippen LogP contribution in [0.3, 0.4) is 0 Å². The van der Waals surface area contributed by atoms with E-state index in [2.05, 4.69) is 51.2 Å². The zero-order valence-corrected chi connectivity index (χ0v) is 38.3. The summed E-state index contributed by atoms with van der Waals surface area (Å²) in [7, 11) is 0. The molecule has 0 N–H and O–H groups in total. The Bertz CT molecular complexity index is 1030. The van der Waals surface area contributed by atoms with Crippen molar-refractivity contribution in [3.63, 3.8) is 0 Å². The van der Waals surface area contributed by atoms with Crippen LogP contribution in [0, 0.1) is 0 Å². The number of unbranched alkanes of at least 4 members (excludes halogenated alkanes) is 28. The van der Waals surface area contributed by atoms with E-state index >= 15 is 0 Å². The average Bonchev–Trinajstić information content (AvgIpc) is 3.22. The molecule has 0 radical (unpaired) electrons. The number of rotatable bonds is 44. The predicted octanol–water partition coefficient (Wildman–Crippen LogP) is 15.9. The molecule has 0 amide bonds. The molecule has 336 valence electrons. The lowest BCUT2D eigenvalue weighted by Gasteiger charge is -2.18. The van der Waals surface area contributed by atoms with Crippen molar-refractivity contribution in [1.29, 1.82) is 0 Å². The molecular weight excluding hydrogens is 721 g/mol. The molecule has 0 aliphatic rings. The Morgan fingerprint density at radius 2 is 0.672 bits per heavy atom. The molecule has 0 bridgehead atoms. The molecule has 0 aliphatic carbocycles. The van der Waals surface area contributed by atoms with Gasteiger partial charge in [0.1, 0.15) is 13.2 Å². The Labute approximate surface area is 358 Å². The van der Waals surface area contributed by atoms with Gasteiger partial charge in [0, 0.05) is 19.3 Å². The molecule has 0 spiro atoms. The summed E-state index contributed by atoms with van der Waals surface area (Å²) < 4.78 is 16.7. The van der Waals surface area contributed by atoms with E-state index in [1.807, 2.05) is 18.2 Å². The second-order valence-electron chi connectivity index (χ2n) is 16.5. The molecule has 0 aromatic carbocycles. The van der Waals surface area contributed by atoms with E-state index in [1.54, 1.807) is 0 Å². The van der Waals surface area contributed by atoms with Gasteiger partial charge in [-0.2, -0.15) is 0 Å². The van der Waals surface area contributed by atoms with Crippen LogP contribution in [0.2, 0.25) is 0 Å². The van der Waals surface area contributed by atoms with Gasteiger partial charge in [0.05, 0.1) is 0 Å². The van der Waals surface area contributed by atoms with E-state index < -0.39 is 6.10 Å². The standard InChI is InChI=1S/C52H92O6/c1-4-7-10-13-16-19-22-24-26-28-30-33-36-39-42-45-51(54)57-48-49(47-56-50(53)44-41-38-35-32-21-18-15-12-9-6-3)58-52(55)46-43-40-37-34-31-29-27-25-23-20-17-14-11-8-5-2/h7,10,13,16,19,22,24,26,49H,4-6,8-9,11-12,14-15,17-18,20-21,23,25,27-48H2,1-3H3/b10-7-,16-13-,22-19-,26-24-. The normalized spacial score (nSPS) is 12.4. The lowest BCUT2D eigenvalue weighted by molar-refractivity contribution is -0.167. The van der Waals surface area contributed by atoms with E-state index in [9.17, 15) is 14.4 Å². The molecule has 0 saturated heterocycles. The lowest BCUT2D eigenvalue weighted by Crippen LogP contribution is -2.30. The van der Waals surface area contributed by atoms with Gasteiger partial charge in [-0.25, -0.2) is 0 Å². The SMILES string of the molecule is CC\C=C/C=C\C=C/C=C\CCCCCCCC(=O)OCC(COC(=O)CCCCCCCCCCCC)OC(=O)CCCCCCCCCCCCCCCCC. The van der Waals surface area contributed by atoms with Crippen LogP contribution in [0.4, 0.5) is 0 Å². The fourth-order valence-corrected chi connectivity index (χ4v) is 6.98. The molecule has 0 saturated carbocycles. The monoisotopic (exact) mass is 813 g/mol. The number of carbonyl (C=O) groups is 3. The molecular formula is C52H92O6. The molecule has 0 aliphatic heterocycles. The summed E-state index contributed by atoms with van der Waals surface area (Å²) in [5.41, 5.74) is 0. The first kappa shape index (κ1) is 55.4. The van der Waals surface area contributed by atoms with Crippen molar-refractivity contribution in [1.82, 2.24) is 0 Å². The molecule has 6 heteroatoms. The van der Waals surface area contributed by atoms with E-state index in [-0.39, 0.29) is 31.1 Å². The average molecular weight is 813 g/mol.